The fraction of sp³-hybridized carbons (Fsp3) is 0.417. The fourth-order valence-corrected chi connectivity index (χ4v) is 2.03. The zero-order valence-electron chi connectivity index (χ0n) is 8.79. The molecule has 3 heteroatoms. The van der Waals surface area contributed by atoms with Crippen molar-refractivity contribution >= 4 is 11.8 Å². The second-order valence-corrected chi connectivity index (χ2v) is 4.65. The Bertz CT molecular complexity index is 391. The Kier molecular flexibility index (Phi) is 3.30. The number of thioether (sulfide) groups is 1. The Hall–Kier alpha value is -0.980. The van der Waals surface area contributed by atoms with Crippen molar-refractivity contribution in [3.05, 3.63) is 29.3 Å². The minimum Gasteiger partial charge on any atom is -0.310 e. The van der Waals surface area contributed by atoms with Gasteiger partial charge in [-0.3, -0.25) is 0 Å². The van der Waals surface area contributed by atoms with Crippen LogP contribution in [0, 0.1) is 11.3 Å². The SMILES string of the molecule is CSc1ccc(CNC2CC2)cc1C#N. The number of nitrogens with one attached hydrogen (secondary N) is 1. The molecule has 1 aromatic carbocycles. The van der Waals surface area contributed by atoms with Gasteiger partial charge in [0.05, 0.1) is 5.56 Å². The van der Waals surface area contributed by atoms with E-state index in [1.54, 1.807) is 11.8 Å². The molecule has 1 aliphatic carbocycles. The molecule has 0 aliphatic heterocycles. The number of hydrogen-bond acceptors (Lipinski definition) is 3. The maximum atomic E-state index is 8.98. The van der Waals surface area contributed by atoms with E-state index in [0.717, 1.165) is 23.0 Å². The fourth-order valence-electron chi connectivity index (χ4n) is 1.50. The van der Waals surface area contributed by atoms with Crippen LogP contribution in [0.15, 0.2) is 23.1 Å². The lowest BCUT2D eigenvalue weighted by Gasteiger charge is -2.05. The number of nitrogens with zero attached hydrogens (tertiary/aromatic N) is 1. The van der Waals surface area contributed by atoms with E-state index < -0.39 is 0 Å². The van der Waals surface area contributed by atoms with Gasteiger partial charge in [0.1, 0.15) is 6.07 Å². The van der Waals surface area contributed by atoms with Crippen molar-refractivity contribution in [1.29, 1.82) is 5.26 Å². The summed E-state index contributed by atoms with van der Waals surface area (Å²) in [7, 11) is 0. The van der Waals surface area contributed by atoms with Gasteiger partial charge in [-0.15, -0.1) is 11.8 Å². The van der Waals surface area contributed by atoms with Crippen LogP contribution in [0.5, 0.6) is 0 Å². The Morgan fingerprint density at radius 3 is 2.93 bits per heavy atom. The second-order valence-electron chi connectivity index (χ2n) is 3.80. The minimum absolute atomic E-state index is 0.718. The van der Waals surface area contributed by atoms with Crippen LogP contribution in [-0.2, 0) is 6.54 Å². The zero-order chi connectivity index (χ0) is 10.7. The Morgan fingerprint density at radius 1 is 1.53 bits per heavy atom. The van der Waals surface area contributed by atoms with Gasteiger partial charge in [0.15, 0.2) is 0 Å². The highest BCUT2D eigenvalue weighted by Gasteiger charge is 2.19. The van der Waals surface area contributed by atoms with E-state index in [0.29, 0.717) is 0 Å². The third-order valence-corrected chi connectivity index (χ3v) is 3.35. The standard InChI is InChI=1S/C12H14N2S/c1-15-12-5-2-9(6-10(12)7-13)8-14-11-3-4-11/h2,5-6,11,14H,3-4,8H2,1H3. The van der Waals surface area contributed by atoms with Crippen LogP contribution in [0.25, 0.3) is 0 Å². The molecule has 1 fully saturated rings. The molecule has 15 heavy (non-hydrogen) atoms. The highest BCUT2D eigenvalue weighted by atomic mass is 32.2. The van der Waals surface area contributed by atoms with Crippen LogP contribution in [0.3, 0.4) is 0 Å². The van der Waals surface area contributed by atoms with Gasteiger partial charge in [-0.1, -0.05) is 6.07 Å². The minimum atomic E-state index is 0.718. The van der Waals surface area contributed by atoms with Crippen molar-refractivity contribution in [3.63, 3.8) is 0 Å². The van der Waals surface area contributed by atoms with Gasteiger partial charge in [0, 0.05) is 17.5 Å². The molecular weight excluding hydrogens is 204 g/mol. The first-order chi connectivity index (χ1) is 7.33. The summed E-state index contributed by atoms with van der Waals surface area (Å²) in [5.74, 6) is 0. The van der Waals surface area contributed by atoms with E-state index in [1.165, 1.54) is 18.4 Å². The molecule has 1 aromatic rings. The van der Waals surface area contributed by atoms with E-state index in [2.05, 4.69) is 17.5 Å². The maximum Gasteiger partial charge on any atom is 0.100 e. The number of nitriles is 1. The monoisotopic (exact) mass is 218 g/mol. The summed E-state index contributed by atoms with van der Waals surface area (Å²) in [6.45, 7) is 0.883. The van der Waals surface area contributed by atoms with Gasteiger partial charge < -0.3 is 5.32 Å². The van der Waals surface area contributed by atoms with E-state index in [9.17, 15) is 0 Å². The highest BCUT2D eigenvalue weighted by Crippen LogP contribution is 2.22. The van der Waals surface area contributed by atoms with Gasteiger partial charge in [-0.2, -0.15) is 5.26 Å². The molecule has 1 aliphatic rings. The normalized spacial score (nSPS) is 14.9. The Balaban J connectivity index is 2.08. The molecule has 0 heterocycles. The average molecular weight is 218 g/mol. The van der Waals surface area contributed by atoms with Gasteiger partial charge in [0.2, 0.25) is 0 Å². The summed E-state index contributed by atoms with van der Waals surface area (Å²) in [6.07, 6.45) is 4.60. The predicted octanol–water partition coefficient (Wildman–Crippen LogP) is 2.53. The average Bonchev–Trinajstić information content (AvgIpc) is 3.09. The van der Waals surface area contributed by atoms with Crippen LogP contribution in [0.1, 0.15) is 24.0 Å². The first kappa shape index (κ1) is 10.5. The summed E-state index contributed by atoms with van der Waals surface area (Å²) in [5.41, 5.74) is 1.99. The lowest BCUT2D eigenvalue weighted by molar-refractivity contribution is 0.687. The summed E-state index contributed by atoms with van der Waals surface area (Å²) in [4.78, 5) is 1.06. The molecular formula is C12H14N2S. The molecule has 0 unspecified atom stereocenters. The van der Waals surface area contributed by atoms with Gasteiger partial charge >= 0.3 is 0 Å². The summed E-state index contributed by atoms with van der Waals surface area (Å²) >= 11 is 1.62. The molecule has 0 amide bonds. The molecule has 2 rings (SSSR count). The third kappa shape index (κ3) is 2.74. The third-order valence-electron chi connectivity index (χ3n) is 2.56. The van der Waals surface area contributed by atoms with Crippen molar-refractivity contribution in [2.24, 2.45) is 0 Å². The van der Waals surface area contributed by atoms with E-state index in [-0.39, 0.29) is 0 Å². The Labute approximate surface area is 94.7 Å². The molecule has 1 saturated carbocycles. The Morgan fingerprint density at radius 2 is 2.33 bits per heavy atom. The van der Waals surface area contributed by atoms with Crippen LogP contribution in [0.4, 0.5) is 0 Å². The number of benzene rings is 1. The number of rotatable bonds is 4. The van der Waals surface area contributed by atoms with Crippen LogP contribution >= 0.6 is 11.8 Å². The molecule has 0 radical (unpaired) electrons. The molecule has 0 atom stereocenters. The first-order valence-electron chi connectivity index (χ1n) is 5.14. The lowest BCUT2D eigenvalue weighted by Crippen LogP contribution is -2.15. The van der Waals surface area contributed by atoms with Crippen molar-refractivity contribution < 1.29 is 0 Å². The van der Waals surface area contributed by atoms with Crippen LogP contribution in [0.2, 0.25) is 0 Å². The van der Waals surface area contributed by atoms with Crippen LogP contribution in [-0.4, -0.2) is 12.3 Å². The highest BCUT2D eigenvalue weighted by molar-refractivity contribution is 7.98. The molecule has 0 bridgehead atoms. The molecule has 1 N–H and O–H groups in total. The van der Waals surface area contributed by atoms with Crippen molar-refractivity contribution in [2.75, 3.05) is 6.26 Å². The van der Waals surface area contributed by atoms with E-state index in [1.807, 2.05) is 18.4 Å². The van der Waals surface area contributed by atoms with Crippen molar-refractivity contribution in [1.82, 2.24) is 5.32 Å². The summed E-state index contributed by atoms with van der Waals surface area (Å²) in [6, 6.07) is 9.08. The predicted molar refractivity (Wildman–Crippen MR) is 62.8 cm³/mol. The van der Waals surface area contributed by atoms with Crippen LogP contribution < -0.4 is 5.32 Å². The first-order valence-corrected chi connectivity index (χ1v) is 6.36. The smallest absolute Gasteiger partial charge is 0.100 e. The number of hydrogen-bond donors (Lipinski definition) is 1. The zero-order valence-corrected chi connectivity index (χ0v) is 9.60. The second kappa shape index (κ2) is 4.69. The molecule has 0 saturated heterocycles. The quantitative estimate of drug-likeness (QED) is 0.789. The summed E-state index contributed by atoms with van der Waals surface area (Å²) in [5, 5.41) is 12.4. The van der Waals surface area contributed by atoms with Gasteiger partial charge in [0.25, 0.3) is 0 Å². The van der Waals surface area contributed by atoms with Gasteiger partial charge in [-0.25, -0.2) is 0 Å². The molecule has 2 nitrogen and oxygen atoms in total. The summed E-state index contributed by atoms with van der Waals surface area (Å²) < 4.78 is 0. The van der Waals surface area contributed by atoms with E-state index in [4.69, 9.17) is 5.26 Å². The van der Waals surface area contributed by atoms with E-state index >= 15 is 0 Å². The lowest BCUT2D eigenvalue weighted by atomic mass is 10.1. The maximum absolute atomic E-state index is 8.98. The molecule has 0 spiro atoms. The van der Waals surface area contributed by atoms with Crippen molar-refractivity contribution in [2.45, 2.75) is 30.3 Å². The molecule has 0 aromatic heterocycles. The molecule has 78 valence electrons. The largest absolute Gasteiger partial charge is 0.310 e. The van der Waals surface area contributed by atoms with Gasteiger partial charge in [-0.05, 0) is 36.8 Å². The van der Waals surface area contributed by atoms with Crippen molar-refractivity contribution in [3.8, 4) is 6.07 Å². The topological polar surface area (TPSA) is 35.8 Å².